The van der Waals surface area contributed by atoms with Gasteiger partial charge >= 0.3 is 0 Å². The first-order valence-corrected chi connectivity index (χ1v) is 7.60. The highest BCUT2D eigenvalue weighted by molar-refractivity contribution is 6.35. The summed E-state index contributed by atoms with van der Waals surface area (Å²) in [5.74, 6) is 0. The van der Waals surface area contributed by atoms with Crippen LogP contribution in [0.3, 0.4) is 0 Å². The Kier molecular flexibility index (Phi) is 4.37. The Balaban J connectivity index is 2.01. The van der Waals surface area contributed by atoms with Crippen LogP contribution in [0.4, 0.5) is 0 Å². The molecule has 4 heteroatoms. The van der Waals surface area contributed by atoms with Gasteiger partial charge in [-0.2, -0.15) is 0 Å². The van der Waals surface area contributed by atoms with Gasteiger partial charge in [-0.25, -0.2) is 0 Å². The molecule has 0 saturated carbocycles. The molecule has 106 valence electrons. The molecule has 1 aliphatic rings. The maximum absolute atomic E-state index is 6.26. The van der Waals surface area contributed by atoms with Crippen LogP contribution in [0, 0.1) is 0 Å². The second-order valence-electron chi connectivity index (χ2n) is 4.91. The first kappa shape index (κ1) is 14.3. The van der Waals surface area contributed by atoms with Crippen LogP contribution in [0.25, 0.3) is 6.08 Å². The highest BCUT2D eigenvalue weighted by Crippen LogP contribution is 2.27. The van der Waals surface area contributed by atoms with Gasteiger partial charge in [0.15, 0.2) is 0 Å². The van der Waals surface area contributed by atoms with Gasteiger partial charge in [0.1, 0.15) is 0 Å². The summed E-state index contributed by atoms with van der Waals surface area (Å²) in [7, 11) is 0. The minimum atomic E-state index is 0.645. The van der Waals surface area contributed by atoms with Crippen LogP contribution in [0.5, 0.6) is 0 Å². The van der Waals surface area contributed by atoms with E-state index in [1.165, 1.54) is 5.57 Å². The number of hydrogen-bond donors (Lipinski definition) is 0. The van der Waals surface area contributed by atoms with Crippen molar-refractivity contribution in [2.75, 3.05) is 6.54 Å². The summed E-state index contributed by atoms with van der Waals surface area (Å²) in [5, 5.41) is 1.30. The van der Waals surface area contributed by atoms with Crippen molar-refractivity contribution in [1.29, 1.82) is 0 Å². The normalized spacial score (nSPS) is 16.9. The Morgan fingerprint density at radius 1 is 1.14 bits per heavy atom. The Morgan fingerprint density at radius 3 is 2.81 bits per heavy atom. The molecule has 1 aromatic heterocycles. The fraction of sp³-hybridized carbons (Fsp3) is 0.176. The smallest absolute Gasteiger partial charge is 0.0694 e. The van der Waals surface area contributed by atoms with E-state index in [1.54, 1.807) is 12.3 Å². The van der Waals surface area contributed by atoms with E-state index in [2.05, 4.69) is 16.1 Å². The van der Waals surface area contributed by atoms with E-state index in [0.717, 1.165) is 36.2 Å². The monoisotopic (exact) mass is 316 g/mol. The summed E-state index contributed by atoms with van der Waals surface area (Å²) in [5.41, 5.74) is 4.22. The molecule has 0 spiro atoms. The minimum absolute atomic E-state index is 0.645. The summed E-state index contributed by atoms with van der Waals surface area (Å²) in [6.07, 6.45) is 7.77. The number of rotatable bonds is 2. The maximum Gasteiger partial charge on any atom is 0.0694 e. The minimum Gasteiger partial charge on any atom is -0.284 e. The highest BCUT2D eigenvalue weighted by Gasteiger charge is 2.14. The van der Waals surface area contributed by atoms with Gasteiger partial charge in [-0.05, 0) is 54.3 Å². The molecule has 0 radical (unpaired) electrons. The zero-order chi connectivity index (χ0) is 14.7. The van der Waals surface area contributed by atoms with Gasteiger partial charge in [-0.3, -0.25) is 9.98 Å². The molecule has 21 heavy (non-hydrogen) atoms. The van der Waals surface area contributed by atoms with Gasteiger partial charge in [0.05, 0.1) is 5.71 Å². The molecule has 0 unspecified atom stereocenters. The molecule has 2 heterocycles. The van der Waals surface area contributed by atoms with Crippen LogP contribution in [-0.4, -0.2) is 17.2 Å². The highest BCUT2D eigenvalue weighted by atomic mass is 35.5. The number of benzene rings is 1. The second-order valence-corrected chi connectivity index (χ2v) is 5.75. The maximum atomic E-state index is 6.26. The molecule has 1 aliphatic heterocycles. The number of pyridine rings is 1. The van der Waals surface area contributed by atoms with Gasteiger partial charge in [0, 0.05) is 34.5 Å². The van der Waals surface area contributed by atoms with Crippen molar-refractivity contribution in [2.24, 2.45) is 4.99 Å². The lowest BCUT2D eigenvalue weighted by Gasteiger charge is -2.16. The molecular weight excluding hydrogens is 303 g/mol. The molecule has 0 fully saturated rings. The Labute approximate surface area is 134 Å². The van der Waals surface area contributed by atoms with E-state index < -0.39 is 0 Å². The van der Waals surface area contributed by atoms with Crippen LogP contribution in [0.2, 0.25) is 10.0 Å². The second kappa shape index (κ2) is 6.42. The largest absolute Gasteiger partial charge is 0.284 e. The van der Waals surface area contributed by atoms with Crippen LogP contribution in [0.1, 0.15) is 24.0 Å². The lowest BCUT2D eigenvalue weighted by molar-refractivity contribution is 0.818. The molecule has 2 aromatic rings. The number of aromatic nitrogens is 1. The van der Waals surface area contributed by atoms with E-state index >= 15 is 0 Å². The quantitative estimate of drug-likeness (QED) is 0.760. The van der Waals surface area contributed by atoms with Crippen molar-refractivity contribution in [3.05, 3.63) is 69.5 Å². The fourth-order valence-corrected chi connectivity index (χ4v) is 2.87. The molecule has 0 amide bonds. The molecule has 1 aromatic carbocycles. The van der Waals surface area contributed by atoms with Crippen molar-refractivity contribution in [3.63, 3.8) is 0 Å². The topological polar surface area (TPSA) is 25.2 Å². The summed E-state index contributed by atoms with van der Waals surface area (Å²) >= 11 is 12.2. The third-order valence-electron chi connectivity index (χ3n) is 3.41. The van der Waals surface area contributed by atoms with E-state index in [9.17, 15) is 0 Å². The molecule has 0 saturated heterocycles. The fourth-order valence-electron chi connectivity index (χ4n) is 2.41. The van der Waals surface area contributed by atoms with Gasteiger partial charge < -0.3 is 0 Å². The Hall–Kier alpha value is -1.64. The van der Waals surface area contributed by atoms with Crippen LogP contribution < -0.4 is 0 Å². The molecule has 0 bridgehead atoms. The lowest BCUT2D eigenvalue weighted by Crippen LogP contribution is -2.11. The van der Waals surface area contributed by atoms with Gasteiger partial charge in [0.25, 0.3) is 0 Å². The molecule has 0 aliphatic carbocycles. The number of aliphatic imine (C=N–C) groups is 1. The zero-order valence-corrected chi connectivity index (χ0v) is 12.9. The molecule has 3 rings (SSSR count). The number of allylic oxidation sites excluding steroid dienone is 1. The Bertz CT molecular complexity index is 706. The van der Waals surface area contributed by atoms with Crippen molar-refractivity contribution in [2.45, 2.75) is 12.8 Å². The summed E-state index contributed by atoms with van der Waals surface area (Å²) in [6.45, 7) is 0.857. The predicted molar refractivity (Wildman–Crippen MR) is 89.3 cm³/mol. The molecular formula is C17H14Cl2N2. The molecule has 0 atom stereocenters. The standard InChI is InChI=1S/C17H14Cl2N2/c18-15-6-5-12(16(19)10-15)9-13-3-2-8-21-17(13)14-4-1-7-20-11-14/h1,4-7,9-11H,2-3,8H2/b13-9+. The van der Waals surface area contributed by atoms with Crippen molar-refractivity contribution < 1.29 is 0 Å². The first-order valence-electron chi connectivity index (χ1n) is 6.85. The van der Waals surface area contributed by atoms with Crippen molar-refractivity contribution in [1.82, 2.24) is 4.98 Å². The molecule has 2 nitrogen and oxygen atoms in total. The van der Waals surface area contributed by atoms with Gasteiger partial charge in [-0.1, -0.05) is 29.3 Å². The van der Waals surface area contributed by atoms with E-state index in [-0.39, 0.29) is 0 Å². The number of nitrogens with zero attached hydrogens (tertiary/aromatic N) is 2. The third kappa shape index (κ3) is 3.34. The third-order valence-corrected chi connectivity index (χ3v) is 3.97. The van der Waals surface area contributed by atoms with Gasteiger partial charge in [-0.15, -0.1) is 0 Å². The predicted octanol–water partition coefficient (Wildman–Crippen LogP) is 5.05. The summed E-state index contributed by atoms with van der Waals surface area (Å²) in [4.78, 5) is 8.84. The first-order chi connectivity index (χ1) is 10.2. The summed E-state index contributed by atoms with van der Waals surface area (Å²) in [6, 6.07) is 9.52. The number of halogens is 2. The van der Waals surface area contributed by atoms with Gasteiger partial charge in [0.2, 0.25) is 0 Å². The van der Waals surface area contributed by atoms with Crippen molar-refractivity contribution in [3.8, 4) is 0 Å². The number of hydrogen-bond acceptors (Lipinski definition) is 2. The average Bonchev–Trinajstić information content (AvgIpc) is 2.51. The summed E-state index contributed by atoms with van der Waals surface area (Å²) < 4.78 is 0. The van der Waals surface area contributed by atoms with Crippen molar-refractivity contribution >= 4 is 35.0 Å². The van der Waals surface area contributed by atoms with Crippen LogP contribution in [-0.2, 0) is 0 Å². The van der Waals surface area contributed by atoms with E-state index in [1.807, 2.05) is 30.5 Å². The van der Waals surface area contributed by atoms with Crippen LogP contribution >= 0.6 is 23.2 Å². The SMILES string of the molecule is Clc1ccc(/C=C2\CCCN=C2c2cccnc2)c(Cl)c1. The Morgan fingerprint density at radius 2 is 2.05 bits per heavy atom. The zero-order valence-electron chi connectivity index (χ0n) is 11.4. The van der Waals surface area contributed by atoms with E-state index in [0.29, 0.717) is 10.0 Å². The molecule has 0 N–H and O–H groups in total. The average molecular weight is 317 g/mol. The van der Waals surface area contributed by atoms with Crippen LogP contribution in [0.15, 0.2) is 53.3 Å². The lowest BCUT2D eigenvalue weighted by atomic mass is 9.95. The van der Waals surface area contributed by atoms with E-state index in [4.69, 9.17) is 23.2 Å².